The Morgan fingerprint density at radius 1 is 1.19 bits per heavy atom. The largest absolute Gasteiger partial charge is 0.432 e. The number of nitrogens with one attached hydrogen (secondary N) is 1. The molecule has 21 heavy (non-hydrogen) atoms. The van der Waals surface area contributed by atoms with Crippen molar-refractivity contribution in [2.75, 3.05) is 5.32 Å². The molecule has 2 aromatic carbocycles. The first-order valence-corrected chi connectivity index (χ1v) is 6.98. The zero-order chi connectivity index (χ0) is 15.4. The number of aryl methyl sites for hydroxylation is 1. The minimum Gasteiger partial charge on any atom is -0.432 e. The van der Waals surface area contributed by atoms with Crippen molar-refractivity contribution in [3.63, 3.8) is 0 Å². The van der Waals surface area contributed by atoms with Crippen LogP contribution in [0.2, 0.25) is 0 Å². The highest BCUT2D eigenvalue weighted by molar-refractivity contribution is 9.10. The van der Waals surface area contributed by atoms with Gasteiger partial charge in [0.25, 0.3) is 0 Å². The lowest BCUT2D eigenvalue weighted by molar-refractivity contribution is -0.0521. The van der Waals surface area contributed by atoms with Crippen LogP contribution in [0.5, 0.6) is 5.75 Å². The van der Waals surface area contributed by atoms with Crippen molar-refractivity contribution in [3.8, 4) is 5.75 Å². The van der Waals surface area contributed by atoms with Crippen LogP contribution in [0.3, 0.4) is 0 Å². The van der Waals surface area contributed by atoms with Gasteiger partial charge in [0.1, 0.15) is 0 Å². The fraction of sp³-hybridized carbons (Fsp3) is 0.200. The number of anilines is 1. The molecule has 0 aliphatic heterocycles. The third-order valence-corrected chi connectivity index (χ3v) is 3.58. The molecule has 0 atom stereocenters. The van der Waals surface area contributed by atoms with Crippen LogP contribution in [0.1, 0.15) is 11.1 Å². The molecule has 2 nitrogen and oxygen atoms in total. The van der Waals surface area contributed by atoms with Crippen LogP contribution < -0.4 is 10.1 Å². The van der Waals surface area contributed by atoms with Gasteiger partial charge in [-0.2, -0.15) is 8.78 Å². The first kappa shape index (κ1) is 15.7. The predicted octanol–water partition coefficient (Wildman–Crippen LogP) is 5.11. The van der Waals surface area contributed by atoms with Crippen LogP contribution >= 0.6 is 15.9 Å². The normalized spacial score (nSPS) is 10.8. The Hall–Kier alpha value is -1.69. The number of hydrogen-bond donors (Lipinski definition) is 1. The summed E-state index contributed by atoms with van der Waals surface area (Å²) in [5.74, 6) is -1.30. The number of benzene rings is 2. The molecule has 0 saturated heterocycles. The first-order chi connectivity index (χ1) is 9.95. The monoisotopic (exact) mass is 359 g/mol. The molecule has 0 aliphatic carbocycles. The third kappa shape index (κ3) is 4.39. The SMILES string of the molecule is Cc1ccc(CNc2ccc(OC(F)F)c(F)c2)c(Br)c1. The quantitative estimate of drug-likeness (QED) is 0.800. The van der Waals surface area contributed by atoms with Gasteiger partial charge in [0.15, 0.2) is 11.6 Å². The van der Waals surface area contributed by atoms with Gasteiger partial charge < -0.3 is 10.1 Å². The van der Waals surface area contributed by atoms with Crippen molar-refractivity contribution in [2.45, 2.75) is 20.1 Å². The van der Waals surface area contributed by atoms with Crippen LogP contribution in [0, 0.1) is 12.7 Å². The van der Waals surface area contributed by atoms with Gasteiger partial charge in [0.05, 0.1) is 0 Å². The van der Waals surface area contributed by atoms with Crippen LogP contribution in [-0.2, 0) is 6.54 Å². The molecule has 0 aromatic heterocycles. The van der Waals surface area contributed by atoms with E-state index < -0.39 is 18.2 Å². The molecule has 0 bridgehead atoms. The summed E-state index contributed by atoms with van der Waals surface area (Å²) in [6.45, 7) is -0.573. The predicted molar refractivity (Wildman–Crippen MR) is 79.2 cm³/mol. The first-order valence-electron chi connectivity index (χ1n) is 6.19. The molecule has 0 heterocycles. The van der Waals surface area contributed by atoms with E-state index in [0.717, 1.165) is 21.7 Å². The highest BCUT2D eigenvalue weighted by Crippen LogP contribution is 2.24. The van der Waals surface area contributed by atoms with E-state index in [4.69, 9.17) is 0 Å². The molecular formula is C15H13BrF3NO. The smallest absolute Gasteiger partial charge is 0.387 e. The second kappa shape index (κ2) is 6.85. The molecule has 0 radical (unpaired) electrons. The Bertz CT molecular complexity index is 634. The van der Waals surface area contributed by atoms with E-state index >= 15 is 0 Å². The number of ether oxygens (including phenoxy) is 1. The van der Waals surface area contributed by atoms with Crippen LogP contribution in [-0.4, -0.2) is 6.61 Å². The molecule has 0 fully saturated rings. The summed E-state index contributed by atoms with van der Waals surface area (Å²) in [7, 11) is 0. The Balaban J connectivity index is 2.05. The van der Waals surface area contributed by atoms with E-state index in [1.807, 2.05) is 25.1 Å². The summed E-state index contributed by atoms with van der Waals surface area (Å²) < 4.78 is 42.6. The van der Waals surface area contributed by atoms with Crippen LogP contribution in [0.15, 0.2) is 40.9 Å². The molecule has 1 N–H and O–H groups in total. The Labute approximate surface area is 129 Å². The number of rotatable bonds is 5. The van der Waals surface area contributed by atoms with Crippen LogP contribution in [0.4, 0.5) is 18.9 Å². The van der Waals surface area contributed by atoms with Crippen molar-refractivity contribution in [1.82, 2.24) is 0 Å². The van der Waals surface area contributed by atoms with Crippen molar-refractivity contribution >= 4 is 21.6 Å². The van der Waals surface area contributed by atoms with E-state index in [-0.39, 0.29) is 0 Å². The maximum absolute atomic E-state index is 13.6. The second-order valence-corrected chi connectivity index (χ2v) is 5.33. The number of alkyl halides is 2. The molecule has 6 heteroatoms. The molecule has 0 aliphatic rings. The van der Waals surface area contributed by atoms with Gasteiger partial charge in [-0.15, -0.1) is 0 Å². The highest BCUT2D eigenvalue weighted by atomic mass is 79.9. The topological polar surface area (TPSA) is 21.3 Å². The average Bonchev–Trinajstić information content (AvgIpc) is 2.40. The Kier molecular flexibility index (Phi) is 5.12. The van der Waals surface area contributed by atoms with E-state index in [2.05, 4.69) is 26.0 Å². The number of hydrogen-bond acceptors (Lipinski definition) is 2. The molecule has 0 amide bonds. The second-order valence-electron chi connectivity index (χ2n) is 4.47. The van der Waals surface area contributed by atoms with Gasteiger partial charge in [0, 0.05) is 22.8 Å². The molecule has 2 aromatic rings. The fourth-order valence-corrected chi connectivity index (χ4v) is 2.43. The van der Waals surface area contributed by atoms with Crippen molar-refractivity contribution < 1.29 is 17.9 Å². The van der Waals surface area contributed by atoms with Crippen molar-refractivity contribution in [2.24, 2.45) is 0 Å². The zero-order valence-corrected chi connectivity index (χ0v) is 12.8. The molecular weight excluding hydrogens is 347 g/mol. The minimum atomic E-state index is -3.04. The van der Waals surface area contributed by atoms with Crippen molar-refractivity contribution in [3.05, 3.63) is 57.8 Å². The summed E-state index contributed by atoms with van der Waals surface area (Å²) in [6, 6.07) is 9.70. The third-order valence-electron chi connectivity index (χ3n) is 2.84. The molecule has 0 spiro atoms. The summed E-state index contributed by atoms with van der Waals surface area (Å²) >= 11 is 3.46. The molecule has 112 valence electrons. The van der Waals surface area contributed by atoms with Gasteiger partial charge in [-0.25, -0.2) is 4.39 Å². The van der Waals surface area contributed by atoms with Gasteiger partial charge >= 0.3 is 6.61 Å². The lowest BCUT2D eigenvalue weighted by Crippen LogP contribution is -2.05. The summed E-state index contributed by atoms with van der Waals surface area (Å²) in [5.41, 5.74) is 2.63. The van der Waals surface area contributed by atoms with Gasteiger partial charge in [-0.1, -0.05) is 28.1 Å². The molecule has 0 unspecified atom stereocenters. The van der Waals surface area contributed by atoms with E-state index in [1.165, 1.54) is 12.1 Å². The lowest BCUT2D eigenvalue weighted by atomic mass is 10.1. The van der Waals surface area contributed by atoms with Crippen molar-refractivity contribution in [1.29, 1.82) is 0 Å². The lowest BCUT2D eigenvalue weighted by Gasteiger charge is -2.11. The van der Waals surface area contributed by atoms with E-state index in [9.17, 15) is 13.2 Å². The van der Waals surface area contributed by atoms with Gasteiger partial charge in [-0.3, -0.25) is 0 Å². The average molecular weight is 360 g/mol. The standard InChI is InChI=1S/C15H13BrF3NO/c1-9-2-3-10(12(16)6-9)8-20-11-4-5-14(13(17)7-11)21-15(18)19/h2-7,15,20H,8H2,1H3. The zero-order valence-electron chi connectivity index (χ0n) is 11.2. The number of halogens is 4. The summed E-state index contributed by atoms with van der Waals surface area (Å²) in [5, 5.41) is 3.03. The maximum atomic E-state index is 13.6. The molecule has 0 saturated carbocycles. The maximum Gasteiger partial charge on any atom is 0.387 e. The Morgan fingerprint density at radius 2 is 1.95 bits per heavy atom. The van der Waals surface area contributed by atoms with E-state index in [1.54, 1.807) is 0 Å². The van der Waals surface area contributed by atoms with Gasteiger partial charge in [0.2, 0.25) is 0 Å². The highest BCUT2D eigenvalue weighted by Gasteiger charge is 2.10. The van der Waals surface area contributed by atoms with E-state index in [0.29, 0.717) is 12.2 Å². The van der Waals surface area contributed by atoms with Crippen LogP contribution in [0.25, 0.3) is 0 Å². The minimum absolute atomic E-state index is 0.466. The summed E-state index contributed by atoms with van der Waals surface area (Å²) in [4.78, 5) is 0. The Morgan fingerprint density at radius 3 is 2.57 bits per heavy atom. The fourth-order valence-electron chi connectivity index (χ4n) is 1.80. The van der Waals surface area contributed by atoms with Gasteiger partial charge in [-0.05, 0) is 36.2 Å². The summed E-state index contributed by atoms with van der Waals surface area (Å²) in [6.07, 6.45) is 0. The molecule has 2 rings (SSSR count).